The summed E-state index contributed by atoms with van der Waals surface area (Å²) in [4.78, 5) is 30.1. The van der Waals surface area contributed by atoms with Crippen molar-refractivity contribution in [3.8, 4) is 16.6 Å². The molecule has 0 atom stereocenters. The first-order chi connectivity index (χ1) is 13.6. The summed E-state index contributed by atoms with van der Waals surface area (Å²) in [6.07, 6.45) is 0. The van der Waals surface area contributed by atoms with Gasteiger partial charge in [-0.1, -0.05) is 12.1 Å². The van der Waals surface area contributed by atoms with E-state index in [1.165, 1.54) is 23.1 Å². The molecule has 9 heteroatoms. The lowest BCUT2D eigenvalue weighted by atomic mass is 10.3. The van der Waals surface area contributed by atoms with Crippen LogP contribution in [-0.4, -0.2) is 29.2 Å². The minimum absolute atomic E-state index is 0.277. The van der Waals surface area contributed by atoms with Crippen LogP contribution in [-0.2, 0) is 9.53 Å². The maximum Gasteiger partial charge on any atom is 0.350 e. The fourth-order valence-electron chi connectivity index (χ4n) is 2.28. The van der Waals surface area contributed by atoms with E-state index >= 15 is 0 Å². The molecule has 1 amide bonds. The highest BCUT2D eigenvalue weighted by Crippen LogP contribution is 2.30. The molecule has 28 heavy (non-hydrogen) atoms. The third-order valence-corrected chi connectivity index (χ3v) is 6.35. The second-order valence-electron chi connectivity index (χ2n) is 5.51. The van der Waals surface area contributed by atoms with Gasteiger partial charge in [0.2, 0.25) is 0 Å². The topological polar surface area (TPSA) is 92.1 Å². The van der Waals surface area contributed by atoms with Gasteiger partial charge in [-0.2, -0.15) is 16.6 Å². The largest absolute Gasteiger partial charge is 0.451 e. The summed E-state index contributed by atoms with van der Waals surface area (Å²) in [5.74, 6) is -0.740. The number of rotatable bonds is 7. The Labute approximate surface area is 174 Å². The van der Waals surface area contributed by atoms with Gasteiger partial charge in [-0.3, -0.25) is 4.79 Å². The van der Waals surface area contributed by atoms with Crippen molar-refractivity contribution >= 4 is 52.0 Å². The Morgan fingerprint density at radius 3 is 2.89 bits per heavy atom. The fraction of sp³-hybridized carbons (Fsp3) is 0.158. The minimum Gasteiger partial charge on any atom is -0.451 e. The number of anilines is 1. The molecule has 0 unspecified atom stereocenters. The molecule has 3 aromatic rings. The van der Waals surface area contributed by atoms with Crippen LogP contribution in [0.5, 0.6) is 0 Å². The number of thioether (sulfide) groups is 1. The van der Waals surface area contributed by atoms with Crippen LogP contribution in [0.1, 0.15) is 15.4 Å². The van der Waals surface area contributed by atoms with Crippen molar-refractivity contribution in [1.82, 2.24) is 4.98 Å². The molecular formula is C19H15N3O3S3. The number of hydrogen-bond donors (Lipinski definition) is 1. The standard InChI is InChI=1S/C19H15N3O3S3/c1-12-17(28-18(21-12)13-6-8-26-11-13)19(24)25-10-16(23)22-14-4-2-3-5-15(14)27-9-7-20/h2-6,8,11H,9-10H2,1H3,(H,22,23). The molecule has 2 aromatic heterocycles. The molecule has 3 rings (SSSR count). The van der Waals surface area contributed by atoms with E-state index in [2.05, 4.69) is 10.3 Å². The lowest BCUT2D eigenvalue weighted by Gasteiger charge is -2.09. The van der Waals surface area contributed by atoms with Crippen molar-refractivity contribution in [2.75, 3.05) is 17.7 Å². The van der Waals surface area contributed by atoms with Gasteiger partial charge in [-0.05, 0) is 30.5 Å². The molecule has 0 aliphatic rings. The highest BCUT2D eigenvalue weighted by atomic mass is 32.2. The Morgan fingerprint density at radius 1 is 1.32 bits per heavy atom. The molecule has 0 spiro atoms. The minimum atomic E-state index is -0.571. The first-order valence-electron chi connectivity index (χ1n) is 8.14. The van der Waals surface area contributed by atoms with Gasteiger partial charge in [0, 0.05) is 15.8 Å². The molecule has 1 N–H and O–H groups in total. The second-order valence-corrected chi connectivity index (χ2v) is 8.31. The van der Waals surface area contributed by atoms with E-state index in [0.717, 1.165) is 15.5 Å². The Bertz CT molecular complexity index is 1020. The van der Waals surface area contributed by atoms with Crippen molar-refractivity contribution in [3.63, 3.8) is 0 Å². The molecule has 142 valence electrons. The number of aromatic nitrogens is 1. The molecule has 0 aliphatic heterocycles. The summed E-state index contributed by atoms with van der Waals surface area (Å²) < 4.78 is 5.16. The summed E-state index contributed by atoms with van der Waals surface area (Å²) in [6.45, 7) is 1.34. The number of hydrogen-bond acceptors (Lipinski definition) is 8. The first kappa shape index (κ1) is 20.1. The molecule has 0 saturated heterocycles. The van der Waals surface area contributed by atoms with Gasteiger partial charge in [-0.15, -0.1) is 23.1 Å². The number of amides is 1. The number of carbonyl (C=O) groups excluding carboxylic acids is 2. The maximum atomic E-state index is 12.3. The molecule has 2 heterocycles. The van der Waals surface area contributed by atoms with Crippen molar-refractivity contribution in [1.29, 1.82) is 5.26 Å². The van der Waals surface area contributed by atoms with Crippen molar-refractivity contribution in [2.24, 2.45) is 0 Å². The van der Waals surface area contributed by atoms with Crippen LogP contribution < -0.4 is 5.32 Å². The predicted octanol–water partition coefficient (Wildman–Crippen LogP) is 4.59. The SMILES string of the molecule is Cc1nc(-c2ccsc2)sc1C(=O)OCC(=O)Nc1ccccc1SCC#N. The number of benzene rings is 1. The number of thiazole rings is 1. The van der Waals surface area contributed by atoms with E-state index in [1.54, 1.807) is 30.4 Å². The van der Waals surface area contributed by atoms with Gasteiger partial charge in [0.1, 0.15) is 9.88 Å². The fourth-order valence-corrected chi connectivity index (χ4v) is 4.63. The van der Waals surface area contributed by atoms with Gasteiger partial charge >= 0.3 is 5.97 Å². The number of aryl methyl sites for hydroxylation is 1. The van der Waals surface area contributed by atoms with Crippen molar-refractivity contribution < 1.29 is 14.3 Å². The van der Waals surface area contributed by atoms with E-state index in [0.29, 0.717) is 16.3 Å². The van der Waals surface area contributed by atoms with Gasteiger partial charge < -0.3 is 10.1 Å². The highest BCUT2D eigenvalue weighted by Gasteiger charge is 2.19. The molecule has 0 aliphatic carbocycles. The Kier molecular flexibility index (Phi) is 6.81. The van der Waals surface area contributed by atoms with Gasteiger partial charge in [0.05, 0.1) is 23.2 Å². The van der Waals surface area contributed by atoms with Crippen LogP contribution in [0.2, 0.25) is 0 Å². The summed E-state index contributed by atoms with van der Waals surface area (Å²) >= 11 is 4.13. The zero-order chi connectivity index (χ0) is 19.9. The van der Waals surface area contributed by atoms with Crippen molar-refractivity contribution in [2.45, 2.75) is 11.8 Å². The molecular weight excluding hydrogens is 414 g/mol. The molecule has 6 nitrogen and oxygen atoms in total. The Hall–Kier alpha value is -2.67. The lowest BCUT2D eigenvalue weighted by Crippen LogP contribution is -2.21. The number of esters is 1. The zero-order valence-corrected chi connectivity index (χ0v) is 17.2. The number of nitrogens with one attached hydrogen (secondary N) is 1. The highest BCUT2D eigenvalue weighted by molar-refractivity contribution is 7.99. The number of thiophene rings is 1. The number of nitrogens with zero attached hydrogens (tertiary/aromatic N) is 2. The van der Waals surface area contributed by atoms with E-state index in [1.807, 2.05) is 35.0 Å². The average molecular weight is 430 g/mol. The molecule has 1 aromatic carbocycles. The van der Waals surface area contributed by atoms with Crippen LogP contribution in [0.4, 0.5) is 5.69 Å². The van der Waals surface area contributed by atoms with Crippen molar-refractivity contribution in [3.05, 3.63) is 51.7 Å². The second kappa shape index (κ2) is 9.50. The van der Waals surface area contributed by atoms with Gasteiger partial charge in [0.15, 0.2) is 6.61 Å². The van der Waals surface area contributed by atoms with Crippen LogP contribution in [0.15, 0.2) is 46.0 Å². The summed E-state index contributed by atoms with van der Waals surface area (Å²) in [5, 5.41) is 16.1. The molecule has 0 bridgehead atoms. The van der Waals surface area contributed by atoms with E-state index in [-0.39, 0.29) is 5.75 Å². The Morgan fingerprint density at radius 2 is 2.14 bits per heavy atom. The van der Waals surface area contributed by atoms with E-state index < -0.39 is 18.5 Å². The number of nitriles is 1. The van der Waals surface area contributed by atoms with Crippen LogP contribution in [0, 0.1) is 18.3 Å². The molecule has 0 radical (unpaired) electrons. The number of para-hydroxylation sites is 1. The predicted molar refractivity (Wildman–Crippen MR) is 112 cm³/mol. The first-order valence-corrected chi connectivity index (χ1v) is 10.9. The Balaban J connectivity index is 1.60. The summed E-state index contributed by atoms with van der Waals surface area (Å²) in [5.41, 5.74) is 2.12. The third kappa shape index (κ3) is 4.98. The van der Waals surface area contributed by atoms with Crippen LogP contribution >= 0.6 is 34.4 Å². The zero-order valence-electron chi connectivity index (χ0n) is 14.8. The lowest BCUT2D eigenvalue weighted by molar-refractivity contribution is -0.119. The molecule has 0 saturated carbocycles. The third-order valence-electron chi connectivity index (χ3n) is 3.54. The quantitative estimate of drug-likeness (QED) is 0.436. The number of ether oxygens (including phenoxy) is 1. The monoisotopic (exact) mass is 429 g/mol. The molecule has 0 fully saturated rings. The van der Waals surface area contributed by atoms with Crippen LogP contribution in [0.3, 0.4) is 0 Å². The maximum absolute atomic E-state index is 12.3. The van der Waals surface area contributed by atoms with E-state index in [9.17, 15) is 9.59 Å². The average Bonchev–Trinajstić information content (AvgIpc) is 3.35. The summed E-state index contributed by atoms with van der Waals surface area (Å²) in [7, 11) is 0. The van der Waals surface area contributed by atoms with Gasteiger partial charge in [0.25, 0.3) is 5.91 Å². The van der Waals surface area contributed by atoms with E-state index in [4.69, 9.17) is 10.00 Å². The van der Waals surface area contributed by atoms with Gasteiger partial charge in [-0.25, -0.2) is 9.78 Å². The van der Waals surface area contributed by atoms with Crippen LogP contribution in [0.25, 0.3) is 10.6 Å². The number of carbonyl (C=O) groups is 2. The normalized spacial score (nSPS) is 10.3. The smallest absolute Gasteiger partial charge is 0.350 e. The summed E-state index contributed by atoms with van der Waals surface area (Å²) in [6, 6.07) is 11.1.